The van der Waals surface area contributed by atoms with Crippen molar-refractivity contribution in [2.24, 2.45) is 0 Å². The van der Waals surface area contributed by atoms with Crippen molar-refractivity contribution >= 4 is 5.91 Å². The molecule has 4 nitrogen and oxygen atoms in total. The summed E-state index contributed by atoms with van der Waals surface area (Å²) in [5.41, 5.74) is 0. The molecule has 1 aliphatic rings. The highest BCUT2D eigenvalue weighted by molar-refractivity contribution is 5.77. The van der Waals surface area contributed by atoms with Gasteiger partial charge in [-0.3, -0.25) is 9.69 Å². The SMILES string of the molecule is CCCCNC(=O)CN(C)[C@H]1CCCNC1. The van der Waals surface area contributed by atoms with Crippen LogP contribution in [0.1, 0.15) is 32.6 Å². The summed E-state index contributed by atoms with van der Waals surface area (Å²) < 4.78 is 0. The van der Waals surface area contributed by atoms with Crippen LogP contribution < -0.4 is 10.6 Å². The third-order valence-electron chi connectivity index (χ3n) is 3.14. The van der Waals surface area contributed by atoms with Gasteiger partial charge in [0.25, 0.3) is 0 Å². The molecule has 4 heteroatoms. The first-order valence-electron chi connectivity index (χ1n) is 6.41. The number of carbonyl (C=O) groups is 1. The third kappa shape index (κ3) is 4.94. The molecule has 1 fully saturated rings. The quantitative estimate of drug-likeness (QED) is 0.653. The number of hydrogen-bond donors (Lipinski definition) is 2. The van der Waals surface area contributed by atoms with Crippen molar-refractivity contribution < 1.29 is 4.79 Å². The molecule has 16 heavy (non-hydrogen) atoms. The zero-order chi connectivity index (χ0) is 11.8. The van der Waals surface area contributed by atoms with Crippen LogP contribution in [0.4, 0.5) is 0 Å². The van der Waals surface area contributed by atoms with Gasteiger partial charge in [-0.15, -0.1) is 0 Å². The molecule has 1 saturated heterocycles. The van der Waals surface area contributed by atoms with E-state index in [4.69, 9.17) is 0 Å². The molecule has 0 spiro atoms. The molecule has 1 atom stereocenters. The lowest BCUT2D eigenvalue weighted by Gasteiger charge is -2.31. The highest BCUT2D eigenvalue weighted by Crippen LogP contribution is 2.07. The summed E-state index contributed by atoms with van der Waals surface area (Å²) in [7, 11) is 2.04. The smallest absolute Gasteiger partial charge is 0.234 e. The van der Waals surface area contributed by atoms with Crippen LogP contribution in [-0.2, 0) is 4.79 Å². The summed E-state index contributed by atoms with van der Waals surface area (Å²) >= 11 is 0. The highest BCUT2D eigenvalue weighted by atomic mass is 16.2. The van der Waals surface area contributed by atoms with Gasteiger partial charge in [-0.25, -0.2) is 0 Å². The Balaban J connectivity index is 2.16. The van der Waals surface area contributed by atoms with Crippen molar-refractivity contribution in [1.82, 2.24) is 15.5 Å². The van der Waals surface area contributed by atoms with E-state index < -0.39 is 0 Å². The second-order valence-corrected chi connectivity index (χ2v) is 4.62. The Bertz CT molecular complexity index is 202. The minimum absolute atomic E-state index is 0.154. The second kappa shape index (κ2) is 7.63. The van der Waals surface area contributed by atoms with Gasteiger partial charge in [0.1, 0.15) is 0 Å². The predicted molar refractivity (Wildman–Crippen MR) is 66.4 cm³/mol. The molecule has 0 aromatic carbocycles. The Labute approximate surface area is 98.8 Å². The molecule has 1 amide bonds. The Hall–Kier alpha value is -0.610. The molecule has 0 aromatic rings. The number of amides is 1. The normalized spacial score (nSPS) is 21.1. The predicted octanol–water partition coefficient (Wildman–Crippen LogP) is 0.587. The average molecular weight is 227 g/mol. The van der Waals surface area contributed by atoms with E-state index in [9.17, 15) is 4.79 Å². The van der Waals surface area contributed by atoms with Crippen LogP contribution in [0.2, 0.25) is 0 Å². The lowest BCUT2D eigenvalue weighted by atomic mass is 10.1. The molecule has 0 aliphatic carbocycles. The first kappa shape index (κ1) is 13.5. The summed E-state index contributed by atoms with van der Waals surface area (Å²) in [4.78, 5) is 13.8. The first-order chi connectivity index (χ1) is 7.74. The molecule has 0 radical (unpaired) electrons. The lowest BCUT2D eigenvalue weighted by molar-refractivity contribution is -0.122. The van der Waals surface area contributed by atoms with Gasteiger partial charge >= 0.3 is 0 Å². The molecule has 1 heterocycles. The van der Waals surface area contributed by atoms with Crippen molar-refractivity contribution in [2.45, 2.75) is 38.6 Å². The van der Waals surface area contributed by atoms with Crippen LogP contribution in [-0.4, -0.2) is 50.1 Å². The van der Waals surface area contributed by atoms with E-state index in [0.29, 0.717) is 12.6 Å². The number of piperidine rings is 1. The third-order valence-corrected chi connectivity index (χ3v) is 3.14. The summed E-state index contributed by atoms with van der Waals surface area (Å²) in [5.74, 6) is 0.154. The number of nitrogens with one attached hydrogen (secondary N) is 2. The van der Waals surface area contributed by atoms with Crippen LogP contribution in [0.25, 0.3) is 0 Å². The summed E-state index contributed by atoms with van der Waals surface area (Å²) in [6.07, 6.45) is 4.61. The number of hydrogen-bond acceptors (Lipinski definition) is 3. The van der Waals surface area contributed by atoms with E-state index in [2.05, 4.69) is 22.5 Å². The maximum Gasteiger partial charge on any atom is 0.234 e. The van der Waals surface area contributed by atoms with Gasteiger partial charge in [-0.05, 0) is 32.9 Å². The van der Waals surface area contributed by atoms with E-state index in [1.807, 2.05) is 7.05 Å². The number of carbonyl (C=O) groups excluding carboxylic acids is 1. The molecule has 0 aromatic heterocycles. The summed E-state index contributed by atoms with van der Waals surface area (Å²) in [6.45, 7) is 5.60. The van der Waals surface area contributed by atoms with Gasteiger partial charge < -0.3 is 10.6 Å². The average Bonchev–Trinajstić information content (AvgIpc) is 2.30. The standard InChI is InChI=1S/C12H25N3O/c1-3-4-8-14-12(16)10-15(2)11-6-5-7-13-9-11/h11,13H,3-10H2,1-2H3,(H,14,16)/t11-/m0/s1. The number of likely N-dealkylation sites (N-methyl/N-ethyl adjacent to an activating group) is 1. The minimum atomic E-state index is 0.154. The number of rotatable bonds is 6. The summed E-state index contributed by atoms with van der Waals surface area (Å²) in [6, 6.07) is 0.519. The monoisotopic (exact) mass is 227 g/mol. The number of nitrogens with zero attached hydrogens (tertiary/aromatic N) is 1. The van der Waals surface area contributed by atoms with Crippen LogP contribution in [0.5, 0.6) is 0 Å². The van der Waals surface area contributed by atoms with E-state index >= 15 is 0 Å². The van der Waals surface area contributed by atoms with Crippen LogP contribution in [0.3, 0.4) is 0 Å². The van der Waals surface area contributed by atoms with Gasteiger partial charge in [-0.1, -0.05) is 13.3 Å². The molecular formula is C12H25N3O. The van der Waals surface area contributed by atoms with Crippen LogP contribution in [0.15, 0.2) is 0 Å². The molecule has 2 N–H and O–H groups in total. The van der Waals surface area contributed by atoms with Gasteiger partial charge in [0.05, 0.1) is 6.54 Å². The van der Waals surface area contributed by atoms with Crippen molar-refractivity contribution in [3.05, 3.63) is 0 Å². The molecule has 0 bridgehead atoms. The molecule has 94 valence electrons. The fourth-order valence-electron chi connectivity index (χ4n) is 2.03. The second-order valence-electron chi connectivity index (χ2n) is 4.62. The zero-order valence-electron chi connectivity index (χ0n) is 10.6. The molecular weight excluding hydrogens is 202 g/mol. The largest absolute Gasteiger partial charge is 0.355 e. The number of unbranched alkanes of at least 4 members (excludes halogenated alkanes) is 1. The maximum atomic E-state index is 11.6. The molecule has 0 saturated carbocycles. The Morgan fingerprint density at radius 3 is 3.00 bits per heavy atom. The van der Waals surface area contributed by atoms with Gasteiger partial charge in [0, 0.05) is 19.1 Å². The molecule has 1 aliphatic heterocycles. The minimum Gasteiger partial charge on any atom is -0.355 e. The first-order valence-corrected chi connectivity index (χ1v) is 6.41. The topological polar surface area (TPSA) is 44.4 Å². The van der Waals surface area contributed by atoms with E-state index in [1.165, 1.54) is 12.8 Å². The lowest BCUT2D eigenvalue weighted by Crippen LogP contribution is -2.47. The maximum absolute atomic E-state index is 11.6. The summed E-state index contributed by atoms with van der Waals surface area (Å²) in [5, 5.41) is 6.32. The van der Waals surface area contributed by atoms with E-state index in [1.54, 1.807) is 0 Å². The Morgan fingerprint density at radius 1 is 1.56 bits per heavy atom. The van der Waals surface area contributed by atoms with Crippen molar-refractivity contribution in [1.29, 1.82) is 0 Å². The Kier molecular flexibility index (Phi) is 6.42. The molecule has 0 unspecified atom stereocenters. The van der Waals surface area contributed by atoms with E-state index in [0.717, 1.165) is 32.5 Å². The van der Waals surface area contributed by atoms with Crippen LogP contribution >= 0.6 is 0 Å². The van der Waals surface area contributed by atoms with E-state index in [-0.39, 0.29) is 5.91 Å². The fraction of sp³-hybridized carbons (Fsp3) is 0.917. The highest BCUT2D eigenvalue weighted by Gasteiger charge is 2.19. The zero-order valence-corrected chi connectivity index (χ0v) is 10.6. The van der Waals surface area contributed by atoms with Gasteiger partial charge in [-0.2, -0.15) is 0 Å². The molecule has 1 rings (SSSR count). The van der Waals surface area contributed by atoms with Crippen molar-refractivity contribution in [3.8, 4) is 0 Å². The van der Waals surface area contributed by atoms with Crippen molar-refractivity contribution in [2.75, 3.05) is 33.2 Å². The van der Waals surface area contributed by atoms with Crippen LogP contribution in [0, 0.1) is 0 Å². The fourth-order valence-corrected chi connectivity index (χ4v) is 2.03. The van der Waals surface area contributed by atoms with Crippen molar-refractivity contribution in [3.63, 3.8) is 0 Å². The van der Waals surface area contributed by atoms with Gasteiger partial charge in [0.15, 0.2) is 0 Å². The Morgan fingerprint density at radius 2 is 2.38 bits per heavy atom. The van der Waals surface area contributed by atoms with Gasteiger partial charge in [0.2, 0.25) is 5.91 Å².